The Balaban J connectivity index is 1.61. The highest BCUT2D eigenvalue weighted by Crippen LogP contribution is 2.54. The number of thioether (sulfide) groups is 1. The minimum atomic E-state index is -0.559. The number of carbonyl (C=O) groups excluding carboxylic acids is 3. The Morgan fingerprint density at radius 3 is 2.69 bits per heavy atom. The molecule has 150 valence electrons. The minimum absolute atomic E-state index is 0.000892. The molecule has 2 atom stereocenters. The number of fused-ring (bicyclic) bond motifs is 1. The zero-order chi connectivity index (χ0) is 20.6. The van der Waals surface area contributed by atoms with Gasteiger partial charge in [0.25, 0.3) is 0 Å². The largest absolute Gasteiger partial charge is 0.465 e. The van der Waals surface area contributed by atoms with Gasteiger partial charge in [-0.3, -0.25) is 9.59 Å². The molecule has 0 spiro atoms. The van der Waals surface area contributed by atoms with Gasteiger partial charge in [-0.1, -0.05) is 36.4 Å². The second kappa shape index (κ2) is 7.55. The summed E-state index contributed by atoms with van der Waals surface area (Å²) in [6.45, 7) is 1.86. The fraction of sp³-hybridized carbons (Fsp3) is 0.318. The highest BCUT2D eigenvalue weighted by molar-refractivity contribution is 8.00. The van der Waals surface area contributed by atoms with Gasteiger partial charge >= 0.3 is 5.97 Å². The van der Waals surface area contributed by atoms with Gasteiger partial charge in [-0.2, -0.15) is 0 Å². The fourth-order valence-electron chi connectivity index (χ4n) is 4.05. The predicted octanol–water partition coefficient (Wildman–Crippen LogP) is 3.31. The molecule has 0 aliphatic carbocycles. The highest BCUT2D eigenvalue weighted by atomic mass is 32.2. The number of hydrogen-bond donors (Lipinski definition) is 1. The van der Waals surface area contributed by atoms with Crippen LogP contribution in [-0.2, 0) is 19.2 Å². The van der Waals surface area contributed by atoms with Gasteiger partial charge in [0.2, 0.25) is 11.8 Å². The quantitative estimate of drug-likeness (QED) is 0.783. The molecule has 2 heterocycles. The summed E-state index contributed by atoms with van der Waals surface area (Å²) in [5.41, 5.74) is 2.80. The molecule has 2 unspecified atom stereocenters. The first-order valence-electron chi connectivity index (χ1n) is 9.48. The van der Waals surface area contributed by atoms with E-state index in [0.717, 1.165) is 11.1 Å². The number of esters is 1. The zero-order valence-corrected chi connectivity index (χ0v) is 17.1. The van der Waals surface area contributed by atoms with E-state index in [1.54, 1.807) is 34.9 Å². The number of hydrogen-bond acceptors (Lipinski definition) is 5. The summed E-state index contributed by atoms with van der Waals surface area (Å²) < 4.78 is 4.76. The molecular weight excluding hydrogens is 388 g/mol. The molecule has 0 radical (unpaired) electrons. The van der Waals surface area contributed by atoms with Crippen LogP contribution in [0.15, 0.2) is 48.5 Å². The van der Waals surface area contributed by atoms with E-state index < -0.39 is 16.9 Å². The van der Waals surface area contributed by atoms with E-state index in [1.165, 1.54) is 7.11 Å². The van der Waals surface area contributed by atoms with Gasteiger partial charge in [-0.15, -0.1) is 11.8 Å². The van der Waals surface area contributed by atoms with E-state index in [1.807, 2.05) is 37.3 Å². The fourth-order valence-corrected chi connectivity index (χ4v) is 5.70. The van der Waals surface area contributed by atoms with Crippen LogP contribution in [0, 0.1) is 6.92 Å². The molecule has 1 N–H and O–H groups in total. The van der Waals surface area contributed by atoms with Gasteiger partial charge in [0.15, 0.2) is 0 Å². The summed E-state index contributed by atoms with van der Waals surface area (Å²) >= 11 is 1.65. The van der Waals surface area contributed by atoms with Crippen molar-refractivity contribution in [2.45, 2.75) is 30.7 Å². The third-order valence-corrected chi connectivity index (χ3v) is 7.17. The second-order valence-corrected chi connectivity index (χ2v) is 8.55. The number of methoxy groups -OCH3 is 1. The average Bonchev–Trinajstić information content (AvgIpc) is 3.29. The molecule has 4 rings (SSSR count). The summed E-state index contributed by atoms with van der Waals surface area (Å²) in [5, 5.41) is 2.92. The summed E-state index contributed by atoms with van der Waals surface area (Å²) in [5.74, 6) is -0.174. The molecule has 2 saturated heterocycles. The van der Waals surface area contributed by atoms with Crippen LogP contribution in [0.3, 0.4) is 0 Å². The summed E-state index contributed by atoms with van der Waals surface area (Å²) in [4.78, 5) is 39.0. The standard InChI is InChI=1S/C22H22N2O4S/c1-14-8-9-15(21(27)28-2)12-17(14)23-20(26)18-13-29-22(11-10-19(25)24(18)22)16-6-4-3-5-7-16/h3-9,12,18H,10-11,13H2,1-2H3,(H,23,26). The van der Waals surface area contributed by atoms with Gasteiger partial charge in [0.05, 0.1) is 12.7 Å². The van der Waals surface area contributed by atoms with E-state index in [0.29, 0.717) is 29.8 Å². The van der Waals surface area contributed by atoms with Gasteiger partial charge < -0.3 is 15.0 Å². The molecule has 2 aliphatic rings. The Labute approximate surface area is 173 Å². The lowest BCUT2D eigenvalue weighted by Crippen LogP contribution is -2.48. The number of ether oxygens (including phenoxy) is 1. The molecule has 6 nitrogen and oxygen atoms in total. The number of amides is 2. The number of benzene rings is 2. The summed E-state index contributed by atoms with van der Waals surface area (Å²) in [7, 11) is 1.32. The van der Waals surface area contributed by atoms with Crippen LogP contribution in [0.4, 0.5) is 5.69 Å². The molecule has 2 fully saturated rings. The molecule has 0 bridgehead atoms. The molecule has 2 amide bonds. The van der Waals surface area contributed by atoms with Crippen molar-refractivity contribution in [2.24, 2.45) is 0 Å². The number of carbonyl (C=O) groups is 3. The lowest BCUT2D eigenvalue weighted by Gasteiger charge is -2.34. The second-order valence-electron chi connectivity index (χ2n) is 7.25. The molecule has 7 heteroatoms. The summed E-state index contributed by atoms with van der Waals surface area (Å²) in [6.07, 6.45) is 1.13. The maximum atomic E-state index is 13.1. The first-order chi connectivity index (χ1) is 14.0. The average molecular weight is 410 g/mol. The Kier molecular flexibility index (Phi) is 5.08. The van der Waals surface area contributed by atoms with E-state index in [9.17, 15) is 14.4 Å². The van der Waals surface area contributed by atoms with Crippen LogP contribution >= 0.6 is 11.8 Å². The van der Waals surface area contributed by atoms with Gasteiger partial charge in [-0.05, 0) is 36.6 Å². The first kappa shape index (κ1) is 19.5. The predicted molar refractivity (Wildman–Crippen MR) is 112 cm³/mol. The number of nitrogens with one attached hydrogen (secondary N) is 1. The van der Waals surface area contributed by atoms with Gasteiger partial charge in [-0.25, -0.2) is 4.79 Å². The topological polar surface area (TPSA) is 75.7 Å². The lowest BCUT2D eigenvalue weighted by molar-refractivity contribution is -0.136. The SMILES string of the molecule is COC(=O)c1ccc(C)c(NC(=O)C2CSC3(c4ccccc4)CCC(=O)N23)c1. The highest BCUT2D eigenvalue weighted by Gasteiger charge is 2.56. The van der Waals surface area contributed by atoms with Crippen LogP contribution < -0.4 is 5.32 Å². The first-order valence-corrected chi connectivity index (χ1v) is 10.5. The van der Waals surface area contributed by atoms with Crippen molar-refractivity contribution in [3.05, 3.63) is 65.2 Å². The third-order valence-electron chi connectivity index (χ3n) is 5.57. The van der Waals surface area contributed by atoms with Crippen molar-refractivity contribution < 1.29 is 19.1 Å². The molecule has 0 saturated carbocycles. The maximum Gasteiger partial charge on any atom is 0.337 e. The molecule has 29 heavy (non-hydrogen) atoms. The van der Waals surface area contributed by atoms with Crippen molar-refractivity contribution in [1.29, 1.82) is 0 Å². The number of anilines is 1. The zero-order valence-electron chi connectivity index (χ0n) is 16.3. The van der Waals surface area contributed by atoms with Crippen molar-refractivity contribution in [3.8, 4) is 0 Å². The smallest absolute Gasteiger partial charge is 0.337 e. The normalized spacial score (nSPS) is 23.0. The van der Waals surface area contributed by atoms with Crippen LogP contribution in [0.1, 0.15) is 34.3 Å². The van der Waals surface area contributed by atoms with E-state index in [4.69, 9.17) is 4.74 Å². The van der Waals surface area contributed by atoms with Gasteiger partial charge in [0.1, 0.15) is 10.9 Å². The maximum absolute atomic E-state index is 13.1. The number of aryl methyl sites for hydroxylation is 1. The van der Waals surface area contributed by atoms with Crippen LogP contribution in [0.2, 0.25) is 0 Å². The van der Waals surface area contributed by atoms with Crippen molar-refractivity contribution in [3.63, 3.8) is 0 Å². The van der Waals surface area contributed by atoms with Gasteiger partial charge in [0, 0.05) is 17.9 Å². The van der Waals surface area contributed by atoms with E-state index in [2.05, 4.69) is 5.32 Å². The van der Waals surface area contributed by atoms with Crippen molar-refractivity contribution in [1.82, 2.24) is 4.90 Å². The third kappa shape index (κ3) is 3.29. The molecule has 2 aliphatic heterocycles. The Morgan fingerprint density at radius 2 is 1.97 bits per heavy atom. The van der Waals surface area contributed by atoms with Crippen LogP contribution in [-0.4, -0.2) is 41.6 Å². The molecule has 2 aromatic carbocycles. The van der Waals surface area contributed by atoms with E-state index in [-0.39, 0.29) is 11.8 Å². The monoisotopic (exact) mass is 410 g/mol. The Hall–Kier alpha value is -2.80. The lowest BCUT2D eigenvalue weighted by atomic mass is 10.0. The minimum Gasteiger partial charge on any atom is -0.465 e. The van der Waals surface area contributed by atoms with Crippen LogP contribution in [0.25, 0.3) is 0 Å². The molecule has 2 aromatic rings. The summed E-state index contributed by atoms with van der Waals surface area (Å²) in [6, 6.07) is 14.4. The Morgan fingerprint density at radius 1 is 1.21 bits per heavy atom. The van der Waals surface area contributed by atoms with E-state index >= 15 is 0 Å². The molecule has 0 aromatic heterocycles. The van der Waals surface area contributed by atoms with Crippen molar-refractivity contribution in [2.75, 3.05) is 18.2 Å². The molecular formula is C22H22N2O4S. The van der Waals surface area contributed by atoms with Crippen molar-refractivity contribution >= 4 is 35.2 Å². The number of nitrogens with zero attached hydrogens (tertiary/aromatic N) is 1. The number of rotatable bonds is 4. The Bertz CT molecular complexity index is 978. The van der Waals surface area contributed by atoms with Crippen LogP contribution in [0.5, 0.6) is 0 Å².